The van der Waals surface area contributed by atoms with Crippen LogP contribution < -0.4 is 0 Å². The SMILES string of the molecule is CCCCCN1C(O)=CC2CC1=Cc1ccccc12. The van der Waals surface area contributed by atoms with Crippen LogP contribution in [0.1, 0.15) is 49.7 Å². The van der Waals surface area contributed by atoms with E-state index in [0.29, 0.717) is 11.8 Å². The number of unbranched alkanes of at least 4 members (excludes halogenated alkanes) is 2. The van der Waals surface area contributed by atoms with Crippen LogP contribution in [0, 0.1) is 0 Å². The summed E-state index contributed by atoms with van der Waals surface area (Å²) in [4.78, 5) is 2.09. The summed E-state index contributed by atoms with van der Waals surface area (Å²) in [5.74, 6) is 0.784. The van der Waals surface area contributed by atoms with E-state index in [1.165, 1.54) is 29.7 Å². The van der Waals surface area contributed by atoms with Gasteiger partial charge >= 0.3 is 0 Å². The first-order chi connectivity index (χ1) is 9.29. The number of benzene rings is 1. The van der Waals surface area contributed by atoms with Gasteiger partial charge in [0.2, 0.25) is 0 Å². The van der Waals surface area contributed by atoms with Gasteiger partial charge in [0, 0.05) is 18.2 Å². The molecule has 1 atom stereocenters. The average molecular weight is 255 g/mol. The highest BCUT2D eigenvalue weighted by Gasteiger charge is 2.29. The molecule has 2 bridgehead atoms. The van der Waals surface area contributed by atoms with E-state index in [9.17, 15) is 5.11 Å². The third-order valence-electron chi connectivity index (χ3n) is 4.11. The van der Waals surface area contributed by atoms with Crippen molar-refractivity contribution in [3.63, 3.8) is 0 Å². The van der Waals surface area contributed by atoms with Gasteiger partial charge in [0.15, 0.2) is 5.88 Å². The van der Waals surface area contributed by atoms with E-state index in [0.717, 1.165) is 19.4 Å². The van der Waals surface area contributed by atoms with Crippen molar-refractivity contribution in [2.75, 3.05) is 6.54 Å². The maximum Gasteiger partial charge on any atom is 0.187 e. The van der Waals surface area contributed by atoms with Crippen LogP contribution in [0.4, 0.5) is 0 Å². The van der Waals surface area contributed by atoms with Crippen molar-refractivity contribution in [3.8, 4) is 0 Å². The van der Waals surface area contributed by atoms with Crippen molar-refractivity contribution in [2.24, 2.45) is 0 Å². The molecule has 100 valence electrons. The van der Waals surface area contributed by atoms with Gasteiger partial charge in [0.25, 0.3) is 0 Å². The molecule has 0 saturated carbocycles. The molecule has 1 N–H and O–H groups in total. The van der Waals surface area contributed by atoms with Gasteiger partial charge in [-0.25, -0.2) is 0 Å². The molecular weight excluding hydrogens is 234 g/mol. The number of fused-ring (bicyclic) bond motifs is 4. The molecule has 1 aromatic carbocycles. The minimum atomic E-state index is 0.346. The smallest absolute Gasteiger partial charge is 0.187 e. The quantitative estimate of drug-likeness (QED) is 0.805. The molecule has 1 aromatic rings. The van der Waals surface area contributed by atoms with E-state index < -0.39 is 0 Å². The van der Waals surface area contributed by atoms with Crippen LogP contribution in [0.3, 0.4) is 0 Å². The Labute approximate surface area is 115 Å². The van der Waals surface area contributed by atoms with Crippen LogP contribution in [0.25, 0.3) is 6.08 Å². The zero-order chi connectivity index (χ0) is 13.2. The molecule has 1 unspecified atom stereocenters. The summed E-state index contributed by atoms with van der Waals surface area (Å²) >= 11 is 0. The molecule has 3 rings (SSSR count). The Morgan fingerprint density at radius 2 is 2.11 bits per heavy atom. The molecule has 1 aliphatic carbocycles. The Balaban J connectivity index is 1.89. The highest BCUT2D eigenvalue weighted by molar-refractivity contribution is 5.62. The second-order valence-electron chi connectivity index (χ2n) is 5.46. The molecule has 2 heteroatoms. The predicted molar refractivity (Wildman–Crippen MR) is 78.7 cm³/mol. The van der Waals surface area contributed by atoms with Crippen LogP contribution in [-0.4, -0.2) is 16.6 Å². The number of aliphatic hydroxyl groups excluding tert-OH is 1. The lowest BCUT2D eigenvalue weighted by Gasteiger charge is -2.36. The lowest BCUT2D eigenvalue weighted by atomic mass is 9.83. The van der Waals surface area contributed by atoms with Gasteiger partial charge in [-0.3, -0.25) is 0 Å². The Bertz CT molecular complexity index is 530. The molecule has 19 heavy (non-hydrogen) atoms. The highest BCUT2D eigenvalue weighted by Crippen LogP contribution is 2.40. The summed E-state index contributed by atoms with van der Waals surface area (Å²) in [6.07, 6.45) is 8.84. The van der Waals surface area contributed by atoms with E-state index in [4.69, 9.17) is 0 Å². The summed E-state index contributed by atoms with van der Waals surface area (Å²) in [6.45, 7) is 3.13. The summed E-state index contributed by atoms with van der Waals surface area (Å²) in [5.41, 5.74) is 3.91. The minimum Gasteiger partial charge on any atom is -0.495 e. The maximum absolute atomic E-state index is 10.2. The second kappa shape index (κ2) is 5.12. The lowest BCUT2D eigenvalue weighted by Crippen LogP contribution is -2.30. The Morgan fingerprint density at radius 3 is 2.95 bits per heavy atom. The van der Waals surface area contributed by atoms with E-state index in [1.807, 2.05) is 6.08 Å². The van der Waals surface area contributed by atoms with Crippen molar-refractivity contribution in [2.45, 2.75) is 38.5 Å². The van der Waals surface area contributed by atoms with E-state index in [2.05, 4.69) is 42.2 Å². The van der Waals surface area contributed by atoms with E-state index in [-0.39, 0.29) is 0 Å². The summed E-state index contributed by atoms with van der Waals surface area (Å²) < 4.78 is 0. The van der Waals surface area contributed by atoms with Gasteiger partial charge in [-0.05, 0) is 36.1 Å². The molecule has 2 nitrogen and oxygen atoms in total. The van der Waals surface area contributed by atoms with E-state index in [1.54, 1.807) is 0 Å². The van der Waals surface area contributed by atoms with Crippen LogP contribution in [0.2, 0.25) is 0 Å². The first-order valence-corrected chi connectivity index (χ1v) is 7.27. The van der Waals surface area contributed by atoms with Crippen molar-refractivity contribution in [1.29, 1.82) is 0 Å². The predicted octanol–water partition coefficient (Wildman–Crippen LogP) is 4.42. The Hall–Kier alpha value is -1.70. The number of hydrogen-bond acceptors (Lipinski definition) is 2. The number of allylic oxidation sites excluding steroid dienone is 2. The van der Waals surface area contributed by atoms with Gasteiger partial charge in [-0.2, -0.15) is 0 Å². The molecule has 0 radical (unpaired) electrons. The molecule has 0 amide bonds. The fourth-order valence-corrected chi connectivity index (χ4v) is 3.09. The zero-order valence-corrected chi connectivity index (χ0v) is 11.5. The fourth-order valence-electron chi connectivity index (χ4n) is 3.09. The molecule has 0 saturated heterocycles. The number of rotatable bonds is 4. The second-order valence-corrected chi connectivity index (χ2v) is 5.46. The maximum atomic E-state index is 10.2. The fraction of sp³-hybridized carbons (Fsp3) is 0.412. The van der Waals surface area contributed by atoms with Crippen molar-refractivity contribution in [3.05, 3.63) is 53.0 Å². The van der Waals surface area contributed by atoms with Crippen molar-refractivity contribution < 1.29 is 5.11 Å². The van der Waals surface area contributed by atoms with Gasteiger partial charge in [0.05, 0.1) is 0 Å². The van der Waals surface area contributed by atoms with E-state index >= 15 is 0 Å². The lowest BCUT2D eigenvalue weighted by molar-refractivity contribution is 0.216. The summed E-state index contributed by atoms with van der Waals surface area (Å²) in [7, 11) is 0. The largest absolute Gasteiger partial charge is 0.495 e. The molecule has 2 aliphatic rings. The first-order valence-electron chi connectivity index (χ1n) is 7.27. The van der Waals surface area contributed by atoms with Gasteiger partial charge < -0.3 is 10.0 Å². The molecular formula is C17H21NO. The van der Waals surface area contributed by atoms with Gasteiger partial charge in [0.1, 0.15) is 0 Å². The Morgan fingerprint density at radius 1 is 1.26 bits per heavy atom. The average Bonchev–Trinajstić information content (AvgIpc) is 2.42. The topological polar surface area (TPSA) is 23.5 Å². The molecule has 0 spiro atoms. The van der Waals surface area contributed by atoms with Gasteiger partial charge in [-0.1, -0.05) is 44.0 Å². The summed E-state index contributed by atoms with van der Waals surface area (Å²) in [6, 6.07) is 8.50. The molecule has 0 fully saturated rings. The van der Waals surface area contributed by atoms with Gasteiger partial charge in [-0.15, -0.1) is 0 Å². The zero-order valence-electron chi connectivity index (χ0n) is 11.5. The molecule has 0 aromatic heterocycles. The molecule has 1 aliphatic heterocycles. The minimum absolute atomic E-state index is 0.346. The molecule has 1 heterocycles. The standard InChI is InChI=1S/C17H21NO/c1-2-3-6-9-18-15-10-13-7-4-5-8-16(13)14(11-15)12-17(18)19/h4-5,7-8,10,12,14,19H,2-3,6,9,11H2,1H3. The monoisotopic (exact) mass is 255 g/mol. The highest BCUT2D eigenvalue weighted by atomic mass is 16.3. The number of nitrogens with zero attached hydrogens (tertiary/aromatic N) is 1. The van der Waals surface area contributed by atoms with Crippen LogP contribution in [-0.2, 0) is 0 Å². The normalized spacial score (nSPS) is 20.7. The third kappa shape index (κ3) is 2.27. The van der Waals surface area contributed by atoms with Crippen LogP contribution in [0.15, 0.2) is 41.9 Å². The van der Waals surface area contributed by atoms with Crippen molar-refractivity contribution in [1.82, 2.24) is 4.90 Å². The summed E-state index contributed by atoms with van der Waals surface area (Å²) in [5, 5.41) is 10.2. The van der Waals surface area contributed by atoms with Crippen LogP contribution >= 0.6 is 0 Å². The first kappa shape index (κ1) is 12.3. The van der Waals surface area contributed by atoms with Crippen LogP contribution in [0.5, 0.6) is 0 Å². The van der Waals surface area contributed by atoms with Crippen molar-refractivity contribution >= 4 is 6.08 Å². The number of hydrogen-bond donors (Lipinski definition) is 1. The Kier molecular flexibility index (Phi) is 3.33. The third-order valence-corrected chi connectivity index (χ3v) is 4.11. The number of aliphatic hydroxyl groups is 1.